The molecule has 1 saturated heterocycles. The Morgan fingerprint density at radius 3 is 3.14 bits per heavy atom. The Balaban J connectivity index is 1.43. The van der Waals surface area contributed by atoms with Crippen LogP contribution in [0.2, 0.25) is 0 Å². The van der Waals surface area contributed by atoms with Gasteiger partial charge in [0.25, 0.3) is 0 Å². The molecule has 1 fully saturated rings. The number of rotatable bonds is 4. The molecule has 0 spiro atoms. The van der Waals surface area contributed by atoms with Crippen molar-refractivity contribution in [3.8, 4) is 10.8 Å². The highest BCUT2D eigenvalue weighted by molar-refractivity contribution is 7.13. The standard InChI is InChI=1S/C15H15N3O2S2/c1-2-13(21-6-1)14-17-11(10-20-14)8-18-4-5-19-12(9-18)15-16-3-7-22-15/h1-3,6-7,10,12H,4-5,8-9H2/t12-/m0/s1. The molecule has 0 aromatic carbocycles. The lowest BCUT2D eigenvalue weighted by molar-refractivity contribution is -0.0333. The molecule has 7 heteroatoms. The van der Waals surface area contributed by atoms with E-state index in [4.69, 9.17) is 9.15 Å². The lowest BCUT2D eigenvalue weighted by Crippen LogP contribution is -2.37. The van der Waals surface area contributed by atoms with Crippen LogP contribution in [0.1, 0.15) is 16.8 Å². The van der Waals surface area contributed by atoms with Crippen molar-refractivity contribution in [3.05, 3.63) is 46.1 Å². The number of oxazole rings is 1. The second-order valence-electron chi connectivity index (χ2n) is 5.09. The van der Waals surface area contributed by atoms with Crippen LogP contribution < -0.4 is 0 Å². The van der Waals surface area contributed by atoms with E-state index in [1.54, 1.807) is 28.9 Å². The van der Waals surface area contributed by atoms with Gasteiger partial charge in [0, 0.05) is 31.2 Å². The molecule has 0 unspecified atom stereocenters. The zero-order valence-electron chi connectivity index (χ0n) is 11.8. The first kappa shape index (κ1) is 14.1. The normalized spacial score (nSPS) is 19.5. The summed E-state index contributed by atoms with van der Waals surface area (Å²) < 4.78 is 11.4. The van der Waals surface area contributed by atoms with Gasteiger partial charge < -0.3 is 9.15 Å². The molecule has 0 bridgehead atoms. The summed E-state index contributed by atoms with van der Waals surface area (Å²) in [4.78, 5) is 12.3. The maximum absolute atomic E-state index is 5.82. The molecular weight excluding hydrogens is 318 g/mol. The summed E-state index contributed by atoms with van der Waals surface area (Å²) in [5.41, 5.74) is 0.961. The van der Waals surface area contributed by atoms with E-state index in [1.807, 2.05) is 29.1 Å². The van der Waals surface area contributed by atoms with Crippen LogP contribution in [0, 0.1) is 0 Å². The van der Waals surface area contributed by atoms with Gasteiger partial charge in [0.2, 0.25) is 5.89 Å². The third-order valence-corrected chi connectivity index (χ3v) is 5.27. The van der Waals surface area contributed by atoms with Gasteiger partial charge in [-0.2, -0.15) is 0 Å². The van der Waals surface area contributed by atoms with Crippen LogP contribution in [0.15, 0.2) is 39.8 Å². The molecule has 22 heavy (non-hydrogen) atoms. The molecule has 114 valence electrons. The fourth-order valence-corrected chi connectivity index (χ4v) is 3.84. The van der Waals surface area contributed by atoms with Crippen molar-refractivity contribution in [3.63, 3.8) is 0 Å². The number of nitrogens with zero attached hydrogens (tertiary/aromatic N) is 3. The van der Waals surface area contributed by atoms with E-state index in [0.29, 0.717) is 5.89 Å². The van der Waals surface area contributed by atoms with Gasteiger partial charge >= 0.3 is 0 Å². The van der Waals surface area contributed by atoms with E-state index in [9.17, 15) is 0 Å². The van der Waals surface area contributed by atoms with E-state index in [0.717, 1.165) is 41.8 Å². The zero-order valence-corrected chi connectivity index (χ0v) is 13.5. The summed E-state index contributed by atoms with van der Waals surface area (Å²) in [5, 5.41) is 5.06. The lowest BCUT2D eigenvalue weighted by atomic mass is 10.2. The summed E-state index contributed by atoms with van der Waals surface area (Å²) in [6.07, 6.45) is 3.65. The average molecular weight is 333 g/mol. The Bertz CT molecular complexity index is 709. The average Bonchev–Trinajstić information content (AvgIpc) is 3.29. The predicted molar refractivity (Wildman–Crippen MR) is 85.9 cm³/mol. The second-order valence-corrected chi connectivity index (χ2v) is 6.96. The number of thiazole rings is 1. The third kappa shape index (κ3) is 2.98. The van der Waals surface area contributed by atoms with Crippen LogP contribution in [0.5, 0.6) is 0 Å². The number of hydrogen-bond donors (Lipinski definition) is 0. The molecular formula is C15H15N3O2S2. The fraction of sp³-hybridized carbons (Fsp3) is 0.333. The monoisotopic (exact) mass is 333 g/mol. The smallest absolute Gasteiger partial charge is 0.236 e. The van der Waals surface area contributed by atoms with E-state index in [2.05, 4.69) is 14.9 Å². The second kappa shape index (κ2) is 6.29. The number of morpholine rings is 1. The number of thiophene rings is 1. The highest BCUT2D eigenvalue weighted by Gasteiger charge is 2.24. The summed E-state index contributed by atoms with van der Waals surface area (Å²) in [7, 11) is 0. The third-order valence-electron chi connectivity index (χ3n) is 3.55. The van der Waals surface area contributed by atoms with E-state index in [-0.39, 0.29) is 6.10 Å². The van der Waals surface area contributed by atoms with Gasteiger partial charge in [-0.3, -0.25) is 4.90 Å². The first-order valence-electron chi connectivity index (χ1n) is 7.10. The van der Waals surface area contributed by atoms with Crippen molar-refractivity contribution in [1.82, 2.24) is 14.9 Å². The summed E-state index contributed by atoms with van der Waals surface area (Å²) >= 11 is 3.28. The van der Waals surface area contributed by atoms with Gasteiger partial charge in [-0.15, -0.1) is 22.7 Å². The van der Waals surface area contributed by atoms with E-state index < -0.39 is 0 Å². The highest BCUT2D eigenvalue weighted by atomic mass is 32.1. The highest BCUT2D eigenvalue weighted by Crippen LogP contribution is 2.26. The van der Waals surface area contributed by atoms with Crippen molar-refractivity contribution < 1.29 is 9.15 Å². The molecule has 5 nitrogen and oxygen atoms in total. The molecule has 1 aliphatic heterocycles. The molecule has 3 aromatic rings. The van der Waals surface area contributed by atoms with Gasteiger partial charge in [-0.25, -0.2) is 9.97 Å². The molecule has 0 saturated carbocycles. The van der Waals surface area contributed by atoms with Crippen LogP contribution in [0.25, 0.3) is 10.8 Å². The van der Waals surface area contributed by atoms with E-state index in [1.165, 1.54) is 0 Å². The van der Waals surface area contributed by atoms with Crippen molar-refractivity contribution in [2.75, 3.05) is 19.7 Å². The number of aromatic nitrogens is 2. The summed E-state index contributed by atoms with van der Waals surface area (Å²) in [6, 6.07) is 4.03. The molecule has 0 aliphatic carbocycles. The molecule has 0 N–H and O–H groups in total. The van der Waals surface area contributed by atoms with Crippen LogP contribution >= 0.6 is 22.7 Å². The quantitative estimate of drug-likeness (QED) is 0.732. The first-order chi connectivity index (χ1) is 10.9. The molecule has 4 rings (SSSR count). The largest absolute Gasteiger partial charge is 0.444 e. The van der Waals surface area contributed by atoms with Crippen molar-refractivity contribution in [2.45, 2.75) is 12.6 Å². The first-order valence-corrected chi connectivity index (χ1v) is 8.86. The van der Waals surface area contributed by atoms with Gasteiger partial charge in [0.1, 0.15) is 17.4 Å². The van der Waals surface area contributed by atoms with Crippen LogP contribution in [-0.4, -0.2) is 34.6 Å². The summed E-state index contributed by atoms with van der Waals surface area (Å²) in [5.74, 6) is 0.703. The molecule has 0 radical (unpaired) electrons. The predicted octanol–water partition coefficient (Wildman–Crippen LogP) is 3.43. The lowest BCUT2D eigenvalue weighted by Gasteiger charge is -2.31. The molecule has 1 atom stereocenters. The minimum absolute atomic E-state index is 0.0671. The Kier molecular flexibility index (Phi) is 4.03. The van der Waals surface area contributed by atoms with Crippen molar-refractivity contribution in [1.29, 1.82) is 0 Å². The Labute approximate surface area is 136 Å². The Hall–Kier alpha value is -1.54. The van der Waals surface area contributed by atoms with E-state index >= 15 is 0 Å². The maximum atomic E-state index is 5.82. The molecule has 0 amide bonds. The van der Waals surface area contributed by atoms with Gasteiger partial charge in [-0.1, -0.05) is 6.07 Å². The fourth-order valence-electron chi connectivity index (χ4n) is 2.51. The molecule has 3 aromatic heterocycles. The minimum Gasteiger partial charge on any atom is -0.444 e. The number of hydrogen-bond acceptors (Lipinski definition) is 7. The zero-order chi connectivity index (χ0) is 14.8. The van der Waals surface area contributed by atoms with Crippen molar-refractivity contribution in [2.24, 2.45) is 0 Å². The Morgan fingerprint density at radius 2 is 2.32 bits per heavy atom. The maximum Gasteiger partial charge on any atom is 0.236 e. The van der Waals surface area contributed by atoms with Gasteiger partial charge in [-0.05, 0) is 11.4 Å². The minimum atomic E-state index is 0.0671. The van der Waals surface area contributed by atoms with Crippen LogP contribution in [0.4, 0.5) is 0 Å². The van der Waals surface area contributed by atoms with Gasteiger partial charge in [0.05, 0.1) is 17.2 Å². The molecule has 4 heterocycles. The van der Waals surface area contributed by atoms with Crippen LogP contribution in [-0.2, 0) is 11.3 Å². The molecule has 1 aliphatic rings. The topological polar surface area (TPSA) is 51.4 Å². The Morgan fingerprint density at radius 1 is 1.32 bits per heavy atom. The van der Waals surface area contributed by atoms with Crippen LogP contribution in [0.3, 0.4) is 0 Å². The summed E-state index contributed by atoms with van der Waals surface area (Å²) in [6.45, 7) is 3.25. The van der Waals surface area contributed by atoms with Gasteiger partial charge in [0.15, 0.2) is 0 Å². The van der Waals surface area contributed by atoms with Crippen molar-refractivity contribution >= 4 is 22.7 Å². The number of ether oxygens (including phenoxy) is 1. The SMILES string of the molecule is c1csc(-c2nc(CN3CCO[C@H](c4nccs4)C3)co2)c1.